The molecule has 2 amide bonds. The number of anilines is 1. The molecule has 2 aromatic heterocycles. The smallest absolute Gasteiger partial charge is 0.339 e. The van der Waals surface area contributed by atoms with Gasteiger partial charge in [-0.25, -0.2) is 0 Å². The van der Waals surface area contributed by atoms with Gasteiger partial charge in [0.1, 0.15) is 0 Å². The number of benzene rings is 4. The van der Waals surface area contributed by atoms with Crippen LogP contribution >= 0.6 is 0 Å². The van der Waals surface area contributed by atoms with Gasteiger partial charge in [-0.3, -0.25) is 19.6 Å². The average molecular weight is 617 g/mol. The molecule has 2 N–H and O–H groups in total. The predicted octanol–water partition coefficient (Wildman–Crippen LogP) is 8.40. The van der Waals surface area contributed by atoms with Gasteiger partial charge in [0, 0.05) is 22.8 Å². The Balaban J connectivity index is 1.28. The number of pyridine rings is 2. The van der Waals surface area contributed by atoms with Gasteiger partial charge >= 0.3 is 6.18 Å². The van der Waals surface area contributed by atoms with Crippen LogP contribution in [0.2, 0.25) is 0 Å². The largest absolute Gasteiger partial charge is 0.416 e. The standard InChI is InChI=1S/C37H27F3N4O2/c1-23-30(35(45)44-34(25-12-6-3-7-13-25)32-14-8-9-19-41-32)20-26-15-17-28(22-33(26)42-23)43-36(46)31-21-27(37(38,39)40)16-18-29(31)24-10-4-2-5-11-24/h2-22,34H,1H3,(H,43,46)(H,44,45)/t34-/m0/s1. The molecule has 2 heterocycles. The molecule has 0 saturated carbocycles. The van der Waals surface area contributed by atoms with Gasteiger partial charge in [0.25, 0.3) is 11.8 Å². The van der Waals surface area contributed by atoms with Gasteiger partial charge in [-0.15, -0.1) is 0 Å². The SMILES string of the molecule is Cc1nc2cc(NC(=O)c3cc(C(F)(F)F)ccc3-c3ccccc3)ccc2cc1C(=O)N[C@@H](c1ccccc1)c1ccccn1. The van der Waals surface area contributed by atoms with Crippen LogP contribution in [0.5, 0.6) is 0 Å². The maximum atomic E-state index is 13.6. The van der Waals surface area contributed by atoms with Crippen molar-refractivity contribution in [2.45, 2.75) is 19.1 Å². The van der Waals surface area contributed by atoms with Crippen LogP contribution in [0.15, 0.2) is 128 Å². The lowest BCUT2D eigenvalue weighted by molar-refractivity contribution is -0.137. The van der Waals surface area contributed by atoms with E-state index in [0.29, 0.717) is 44.7 Å². The Bertz CT molecular complexity index is 1990. The van der Waals surface area contributed by atoms with Crippen LogP contribution in [-0.2, 0) is 6.18 Å². The van der Waals surface area contributed by atoms with E-state index in [9.17, 15) is 22.8 Å². The quantitative estimate of drug-likeness (QED) is 0.189. The number of halogens is 3. The zero-order valence-corrected chi connectivity index (χ0v) is 24.5. The number of hydrogen-bond donors (Lipinski definition) is 2. The van der Waals surface area contributed by atoms with Crippen molar-refractivity contribution in [2.75, 3.05) is 5.32 Å². The molecule has 9 heteroatoms. The summed E-state index contributed by atoms with van der Waals surface area (Å²) < 4.78 is 40.7. The minimum atomic E-state index is -4.61. The highest BCUT2D eigenvalue weighted by Gasteiger charge is 2.32. The predicted molar refractivity (Wildman–Crippen MR) is 171 cm³/mol. The third kappa shape index (κ3) is 6.49. The van der Waals surface area contributed by atoms with E-state index in [1.54, 1.807) is 67.7 Å². The highest BCUT2D eigenvalue weighted by Crippen LogP contribution is 2.34. The Hall–Kier alpha value is -5.83. The minimum Gasteiger partial charge on any atom is -0.339 e. The molecule has 6 rings (SSSR count). The molecule has 4 aromatic carbocycles. The molecule has 0 aliphatic carbocycles. The van der Waals surface area contributed by atoms with Crippen molar-refractivity contribution in [3.8, 4) is 11.1 Å². The summed E-state index contributed by atoms with van der Waals surface area (Å²) in [5.41, 5.74) is 3.19. The first-order valence-corrected chi connectivity index (χ1v) is 14.4. The molecule has 46 heavy (non-hydrogen) atoms. The van der Waals surface area contributed by atoms with Crippen molar-refractivity contribution in [1.29, 1.82) is 0 Å². The van der Waals surface area contributed by atoms with E-state index >= 15 is 0 Å². The Morgan fingerprint density at radius 2 is 1.46 bits per heavy atom. The van der Waals surface area contributed by atoms with Gasteiger partial charge in [-0.2, -0.15) is 13.2 Å². The Morgan fingerprint density at radius 3 is 2.15 bits per heavy atom. The van der Waals surface area contributed by atoms with Crippen LogP contribution in [0.4, 0.5) is 18.9 Å². The maximum absolute atomic E-state index is 13.6. The summed E-state index contributed by atoms with van der Waals surface area (Å²) in [5.74, 6) is -1.03. The minimum absolute atomic E-state index is 0.113. The second kappa shape index (κ2) is 12.6. The van der Waals surface area contributed by atoms with Crippen molar-refractivity contribution in [1.82, 2.24) is 15.3 Å². The molecule has 0 spiro atoms. The number of carbonyl (C=O) groups is 2. The molecule has 228 valence electrons. The molecule has 0 aliphatic rings. The Labute approximate surface area is 263 Å². The van der Waals surface area contributed by atoms with Crippen LogP contribution in [0, 0.1) is 6.92 Å². The first-order chi connectivity index (χ1) is 22.2. The zero-order chi connectivity index (χ0) is 32.3. The summed E-state index contributed by atoms with van der Waals surface area (Å²) in [6.07, 6.45) is -2.94. The molecule has 6 aromatic rings. The molecule has 0 saturated heterocycles. The van der Waals surface area contributed by atoms with Crippen LogP contribution in [0.1, 0.15) is 49.3 Å². The molecular weight excluding hydrogens is 589 g/mol. The number of aryl methyl sites for hydroxylation is 1. The number of amides is 2. The van der Waals surface area contributed by atoms with Crippen molar-refractivity contribution in [3.05, 3.63) is 161 Å². The number of rotatable bonds is 7. The third-order valence-corrected chi connectivity index (χ3v) is 7.58. The van der Waals surface area contributed by atoms with Crippen molar-refractivity contribution in [2.24, 2.45) is 0 Å². The van der Waals surface area contributed by atoms with Gasteiger partial charge in [0.05, 0.1) is 34.1 Å². The second-order valence-electron chi connectivity index (χ2n) is 10.7. The summed E-state index contributed by atoms with van der Waals surface area (Å²) in [5, 5.41) is 6.45. The van der Waals surface area contributed by atoms with Crippen molar-refractivity contribution >= 4 is 28.4 Å². The molecule has 0 radical (unpaired) electrons. The number of carbonyl (C=O) groups excluding carboxylic acids is 2. The van der Waals surface area contributed by atoms with E-state index in [1.165, 1.54) is 6.07 Å². The van der Waals surface area contributed by atoms with Crippen molar-refractivity contribution in [3.63, 3.8) is 0 Å². The van der Waals surface area contributed by atoms with E-state index in [2.05, 4.69) is 20.6 Å². The van der Waals surface area contributed by atoms with Gasteiger partial charge in [0.15, 0.2) is 0 Å². The summed E-state index contributed by atoms with van der Waals surface area (Å²) in [6, 6.07) is 33.1. The normalized spacial score (nSPS) is 12.0. The fraction of sp³-hybridized carbons (Fsp3) is 0.0811. The van der Waals surface area contributed by atoms with Crippen LogP contribution in [0.25, 0.3) is 22.0 Å². The third-order valence-electron chi connectivity index (χ3n) is 7.58. The lowest BCUT2D eigenvalue weighted by Gasteiger charge is -2.19. The molecular formula is C37H27F3N4O2. The highest BCUT2D eigenvalue weighted by atomic mass is 19.4. The van der Waals surface area contributed by atoms with E-state index in [-0.39, 0.29) is 11.5 Å². The highest BCUT2D eigenvalue weighted by molar-refractivity contribution is 6.09. The van der Waals surface area contributed by atoms with Crippen LogP contribution in [0.3, 0.4) is 0 Å². The van der Waals surface area contributed by atoms with E-state index in [4.69, 9.17) is 0 Å². The fourth-order valence-corrected chi connectivity index (χ4v) is 5.28. The van der Waals surface area contributed by atoms with Gasteiger partial charge < -0.3 is 10.6 Å². The maximum Gasteiger partial charge on any atom is 0.416 e. The topological polar surface area (TPSA) is 84.0 Å². The van der Waals surface area contributed by atoms with Crippen LogP contribution in [-0.4, -0.2) is 21.8 Å². The second-order valence-corrected chi connectivity index (χ2v) is 10.7. The zero-order valence-electron chi connectivity index (χ0n) is 24.5. The Morgan fingerprint density at radius 1 is 0.739 bits per heavy atom. The molecule has 1 atom stereocenters. The number of hydrogen-bond acceptors (Lipinski definition) is 4. The Kier molecular flexibility index (Phi) is 8.31. The molecule has 6 nitrogen and oxygen atoms in total. The van der Waals surface area contributed by atoms with E-state index in [0.717, 1.165) is 17.7 Å². The molecule has 0 aliphatic heterocycles. The monoisotopic (exact) mass is 616 g/mol. The average Bonchev–Trinajstić information content (AvgIpc) is 3.07. The van der Waals surface area contributed by atoms with E-state index < -0.39 is 23.7 Å². The van der Waals surface area contributed by atoms with Crippen molar-refractivity contribution < 1.29 is 22.8 Å². The summed E-state index contributed by atoms with van der Waals surface area (Å²) >= 11 is 0. The van der Waals surface area contributed by atoms with Gasteiger partial charge in [-0.1, -0.05) is 78.9 Å². The first-order valence-electron chi connectivity index (χ1n) is 14.4. The van der Waals surface area contributed by atoms with Crippen LogP contribution < -0.4 is 10.6 Å². The van der Waals surface area contributed by atoms with E-state index in [1.807, 2.05) is 48.5 Å². The molecule has 0 fully saturated rings. The molecule has 0 unspecified atom stereocenters. The lowest BCUT2D eigenvalue weighted by atomic mass is 9.96. The molecule has 0 bridgehead atoms. The number of aromatic nitrogens is 2. The first kappa shape index (κ1) is 30.2. The van der Waals surface area contributed by atoms with Gasteiger partial charge in [0.2, 0.25) is 0 Å². The van der Waals surface area contributed by atoms with Gasteiger partial charge in [-0.05, 0) is 66.1 Å². The summed E-state index contributed by atoms with van der Waals surface area (Å²) in [4.78, 5) is 36.1. The summed E-state index contributed by atoms with van der Waals surface area (Å²) in [7, 11) is 0. The lowest BCUT2D eigenvalue weighted by Crippen LogP contribution is -2.30. The number of nitrogens with one attached hydrogen (secondary N) is 2. The number of nitrogens with zero attached hydrogens (tertiary/aromatic N) is 2. The number of fused-ring (bicyclic) bond motifs is 1. The number of alkyl halides is 3. The fourth-order valence-electron chi connectivity index (χ4n) is 5.28. The summed E-state index contributed by atoms with van der Waals surface area (Å²) in [6.45, 7) is 1.71.